The molecule has 5 nitrogen and oxygen atoms in total. The summed E-state index contributed by atoms with van der Waals surface area (Å²) >= 11 is 0. The summed E-state index contributed by atoms with van der Waals surface area (Å²) in [5.74, 6) is -0.517. The van der Waals surface area contributed by atoms with Crippen molar-refractivity contribution < 1.29 is 9.90 Å². The van der Waals surface area contributed by atoms with Crippen LogP contribution in [-0.4, -0.2) is 85.2 Å². The Bertz CT molecular complexity index is 290. The molecule has 2 aliphatic heterocycles. The van der Waals surface area contributed by atoms with Crippen molar-refractivity contribution in [3.05, 3.63) is 0 Å². The lowest BCUT2D eigenvalue weighted by atomic mass is 9.99. The van der Waals surface area contributed by atoms with Crippen LogP contribution >= 0.6 is 0 Å². The summed E-state index contributed by atoms with van der Waals surface area (Å²) in [4.78, 5) is 18.2. The number of likely N-dealkylation sites (N-methyl/N-ethyl adjacent to an activating group) is 1. The van der Waals surface area contributed by atoms with Gasteiger partial charge in [-0.05, 0) is 13.0 Å². The average Bonchev–Trinajstić information content (AvgIpc) is 2.70. The molecule has 0 saturated carbocycles. The third-order valence-corrected chi connectivity index (χ3v) is 4.33. The van der Waals surface area contributed by atoms with Crippen LogP contribution in [0.15, 0.2) is 0 Å². The van der Waals surface area contributed by atoms with Gasteiger partial charge in [0, 0.05) is 52.4 Å². The Morgan fingerprint density at radius 3 is 2.28 bits per heavy atom. The minimum absolute atomic E-state index is 0.169. The molecule has 2 aliphatic rings. The molecule has 0 amide bonds. The van der Waals surface area contributed by atoms with Gasteiger partial charge in [-0.3, -0.25) is 9.69 Å². The van der Waals surface area contributed by atoms with Gasteiger partial charge in [-0.25, -0.2) is 0 Å². The second kappa shape index (κ2) is 5.99. The Labute approximate surface area is 109 Å². The smallest absolute Gasteiger partial charge is 0.308 e. The van der Waals surface area contributed by atoms with E-state index in [1.54, 1.807) is 0 Å². The lowest BCUT2D eigenvalue weighted by Crippen LogP contribution is -2.46. The quantitative estimate of drug-likeness (QED) is 0.759. The highest BCUT2D eigenvalue weighted by Crippen LogP contribution is 2.22. The number of likely N-dealkylation sites (tertiary alicyclic amines) is 1. The highest BCUT2D eigenvalue weighted by Gasteiger charge is 2.34. The fourth-order valence-electron chi connectivity index (χ4n) is 2.93. The number of carboxylic acids is 1. The summed E-state index contributed by atoms with van der Waals surface area (Å²) < 4.78 is 0. The first kappa shape index (κ1) is 13.8. The molecule has 0 bridgehead atoms. The summed E-state index contributed by atoms with van der Waals surface area (Å²) in [6, 6.07) is 0. The van der Waals surface area contributed by atoms with E-state index in [1.807, 2.05) is 0 Å². The van der Waals surface area contributed by atoms with Gasteiger partial charge in [0.2, 0.25) is 0 Å². The summed E-state index contributed by atoms with van der Waals surface area (Å²) in [6.07, 6.45) is 0. The Kier molecular flexibility index (Phi) is 4.59. The summed E-state index contributed by atoms with van der Waals surface area (Å²) in [7, 11) is 2.16. The number of rotatable bonds is 4. The number of carbonyl (C=O) groups is 1. The van der Waals surface area contributed by atoms with Crippen LogP contribution in [0.3, 0.4) is 0 Å². The van der Waals surface area contributed by atoms with Gasteiger partial charge in [-0.2, -0.15) is 0 Å². The number of nitrogens with zero attached hydrogens (tertiary/aromatic N) is 3. The van der Waals surface area contributed by atoms with E-state index in [9.17, 15) is 4.79 Å². The van der Waals surface area contributed by atoms with Gasteiger partial charge in [-0.15, -0.1) is 0 Å². The molecule has 5 heteroatoms. The molecule has 2 rings (SSSR count). The van der Waals surface area contributed by atoms with Crippen LogP contribution in [0.4, 0.5) is 0 Å². The number of piperazine rings is 1. The number of aliphatic carboxylic acids is 1. The van der Waals surface area contributed by atoms with E-state index in [-0.39, 0.29) is 11.8 Å². The minimum atomic E-state index is -0.635. The van der Waals surface area contributed by atoms with Gasteiger partial charge in [0.25, 0.3) is 0 Å². The lowest BCUT2D eigenvalue weighted by Gasteiger charge is -2.33. The Morgan fingerprint density at radius 1 is 1.11 bits per heavy atom. The third kappa shape index (κ3) is 3.43. The number of hydrogen-bond acceptors (Lipinski definition) is 4. The van der Waals surface area contributed by atoms with Gasteiger partial charge >= 0.3 is 5.97 Å². The second-order valence-corrected chi connectivity index (χ2v) is 5.83. The first-order valence-electron chi connectivity index (χ1n) is 6.92. The number of carboxylic acid groups (broad SMARTS) is 1. The molecule has 0 aromatic rings. The summed E-state index contributed by atoms with van der Waals surface area (Å²) in [5, 5.41) is 9.10. The fourth-order valence-corrected chi connectivity index (χ4v) is 2.93. The van der Waals surface area contributed by atoms with E-state index in [1.165, 1.54) is 0 Å². The number of hydrogen-bond donors (Lipinski definition) is 1. The molecule has 0 spiro atoms. The first-order chi connectivity index (χ1) is 8.56. The Morgan fingerprint density at radius 2 is 1.72 bits per heavy atom. The fraction of sp³-hybridized carbons (Fsp3) is 0.923. The standard InChI is InChI=1S/C13H25N3O2/c1-11-9-16(10-12(11)13(17)18)8-7-15-5-3-14(2)4-6-15/h11-12H,3-10H2,1-2H3,(H,17,18)/t11-,12-/m1/s1. The van der Waals surface area contributed by atoms with E-state index in [4.69, 9.17) is 5.11 Å². The summed E-state index contributed by atoms with van der Waals surface area (Å²) in [5.41, 5.74) is 0. The maximum atomic E-state index is 11.1. The van der Waals surface area contributed by atoms with Crippen LogP contribution in [0.1, 0.15) is 6.92 Å². The van der Waals surface area contributed by atoms with E-state index in [0.29, 0.717) is 0 Å². The van der Waals surface area contributed by atoms with Crippen molar-refractivity contribution in [1.82, 2.24) is 14.7 Å². The molecular formula is C13H25N3O2. The van der Waals surface area contributed by atoms with Crippen LogP contribution < -0.4 is 0 Å². The summed E-state index contributed by atoms with van der Waals surface area (Å²) in [6.45, 7) is 10.4. The maximum absolute atomic E-state index is 11.1. The molecule has 0 aliphatic carbocycles. The Hall–Kier alpha value is -0.650. The van der Waals surface area contributed by atoms with Crippen molar-refractivity contribution in [1.29, 1.82) is 0 Å². The highest BCUT2D eigenvalue weighted by molar-refractivity contribution is 5.71. The van der Waals surface area contributed by atoms with Crippen molar-refractivity contribution in [3.63, 3.8) is 0 Å². The largest absolute Gasteiger partial charge is 0.481 e. The molecule has 2 atom stereocenters. The van der Waals surface area contributed by atoms with E-state index >= 15 is 0 Å². The van der Waals surface area contributed by atoms with Crippen LogP contribution in [-0.2, 0) is 4.79 Å². The predicted molar refractivity (Wildman–Crippen MR) is 70.7 cm³/mol. The van der Waals surface area contributed by atoms with Crippen LogP contribution in [0.25, 0.3) is 0 Å². The zero-order valence-corrected chi connectivity index (χ0v) is 11.5. The lowest BCUT2D eigenvalue weighted by molar-refractivity contribution is -0.142. The van der Waals surface area contributed by atoms with Gasteiger partial charge in [0.1, 0.15) is 0 Å². The van der Waals surface area contributed by atoms with E-state index < -0.39 is 5.97 Å². The zero-order chi connectivity index (χ0) is 13.1. The second-order valence-electron chi connectivity index (χ2n) is 5.83. The van der Waals surface area contributed by atoms with Gasteiger partial charge in [0.05, 0.1) is 5.92 Å². The van der Waals surface area contributed by atoms with Crippen molar-refractivity contribution in [2.75, 3.05) is 59.4 Å². The zero-order valence-electron chi connectivity index (χ0n) is 11.5. The van der Waals surface area contributed by atoms with Crippen molar-refractivity contribution in [3.8, 4) is 0 Å². The van der Waals surface area contributed by atoms with Crippen molar-refractivity contribution in [2.24, 2.45) is 11.8 Å². The van der Waals surface area contributed by atoms with E-state index in [0.717, 1.165) is 52.4 Å². The van der Waals surface area contributed by atoms with Crippen molar-refractivity contribution in [2.45, 2.75) is 6.92 Å². The molecule has 0 unspecified atom stereocenters. The molecule has 18 heavy (non-hydrogen) atoms. The van der Waals surface area contributed by atoms with Crippen LogP contribution in [0.5, 0.6) is 0 Å². The molecule has 2 saturated heterocycles. The molecule has 1 N–H and O–H groups in total. The molecular weight excluding hydrogens is 230 g/mol. The van der Waals surface area contributed by atoms with Crippen LogP contribution in [0, 0.1) is 11.8 Å². The Balaban J connectivity index is 1.70. The highest BCUT2D eigenvalue weighted by atomic mass is 16.4. The van der Waals surface area contributed by atoms with Crippen molar-refractivity contribution >= 4 is 5.97 Å². The third-order valence-electron chi connectivity index (χ3n) is 4.33. The monoisotopic (exact) mass is 255 g/mol. The maximum Gasteiger partial charge on any atom is 0.308 e. The predicted octanol–water partition coefficient (Wildman–Crippen LogP) is -0.114. The normalized spacial score (nSPS) is 31.9. The minimum Gasteiger partial charge on any atom is -0.481 e. The molecule has 2 heterocycles. The SMILES string of the molecule is C[C@@H]1CN(CCN2CCN(C)CC2)C[C@H]1C(=O)O. The van der Waals surface area contributed by atoms with Gasteiger partial charge in [-0.1, -0.05) is 6.92 Å². The first-order valence-corrected chi connectivity index (χ1v) is 6.92. The molecule has 2 fully saturated rings. The van der Waals surface area contributed by atoms with Gasteiger partial charge in [0.15, 0.2) is 0 Å². The molecule has 0 aromatic carbocycles. The van der Waals surface area contributed by atoms with Crippen LogP contribution in [0.2, 0.25) is 0 Å². The van der Waals surface area contributed by atoms with E-state index in [2.05, 4.69) is 28.7 Å². The molecule has 0 radical (unpaired) electrons. The molecule has 104 valence electrons. The average molecular weight is 255 g/mol. The van der Waals surface area contributed by atoms with Gasteiger partial charge < -0.3 is 14.9 Å². The topological polar surface area (TPSA) is 47.0 Å². The molecule has 0 aromatic heterocycles.